The molecule has 1 fully saturated rings. The van der Waals surface area contributed by atoms with Gasteiger partial charge in [-0.1, -0.05) is 18.2 Å². The van der Waals surface area contributed by atoms with Gasteiger partial charge in [0.25, 0.3) is 0 Å². The first-order valence-electron chi connectivity index (χ1n) is 8.57. The van der Waals surface area contributed by atoms with Crippen molar-refractivity contribution in [2.24, 2.45) is 0 Å². The summed E-state index contributed by atoms with van der Waals surface area (Å²) in [6.45, 7) is 4.64. The molecule has 1 amide bonds. The molecular formula is C19H21N5O2. The standard InChI is InChI=1S/C19H21N5O2/c20-14-15-4-6-16(7-5-15)17-2-1-3-18(22-17)24-12-10-23(11-13-24)9-8-21-19(25)26/h1-7,21H,8-13H2,(H,25,26). The molecule has 134 valence electrons. The van der Waals surface area contributed by atoms with Gasteiger partial charge in [0.1, 0.15) is 5.82 Å². The summed E-state index contributed by atoms with van der Waals surface area (Å²) in [6, 6.07) is 15.5. The molecule has 3 rings (SSSR count). The van der Waals surface area contributed by atoms with Crippen LogP contribution in [0, 0.1) is 11.3 Å². The van der Waals surface area contributed by atoms with Crippen LogP contribution in [-0.4, -0.2) is 60.4 Å². The minimum absolute atomic E-state index is 0.446. The van der Waals surface area contributed by atoms with E-state index >= 15 is 0 Å². The summed E-state index contributed by atoms with van der Waals surface area (Å²) in [7, 11) is 0. The van der Waals surface area contributed by atoms with Gasteiger partial charge in [0.05, 0.1) is 17.3 Å². The van der Waals surface area contributed by atoms with Gasteiger partial charge < -0.3 is 15.3 Å². The minimum Gasteiger partial charge on any atom is -0.465 e. The molecule has 0 saturated carbocycles. The number of aromatic nitrogens is 1. The number of carboxylic acid groups (broad SMARTS) is 1. The van der Waals surface area contributed by atoms with Gasteiger partial charge in [0.15, 0.2) is 0 Å². The number of benzene rings is 1. The fourth-order valence-electron chi connectivity index (χ4n) is 3.00. The molecule has 7 heteroatoms. The second-order valence-electron chi connectivity index (χ2n) is 6.13. The number of hydrogen-bond acceptors (Lipinski definition) is 5. The van der Waals surface area contributed by atoms with Crippen molar-refractivity contribution in [2.75, 3.05) is 44.2 Å². The van der Waals surface area contributed by atoms with E-state index in [0.717, 1.165) is 49.8 Å². The molecule has 0 unspecified atom stereocenters. The lowest BCUT2D eigenvalue weighted by atomic mass is 10.1. The topological polar surface area (TPSA) is 92.5 Å². The van der Waals surface area contributed by atoms with E-state index in [1.54, 1.807) is 12.1 Å². The second kappa shape index (κ2) is 8.32. The Morgan fingerprint density at radius 3 is 2.54 bits per heavy atom. The van der Waals surface area contributed by atoms with Crippen LogP contribution in [-0.2, 0) is 0 Å². The molecule has 0 bridgehead atoms. The number of piperazine rings is 1. The van der Waals surface area contributed by atoms with E-state index in [4.69, 9.17) is 15.4 Å². The summed E-state index contributed by atoms with van der Waals surface area (Å²) in [6.07, 6.45) is -0.979. The highest BCUT2D eigenvalue weighted by molar-refractivity contribution is 5.64. The number of anilines is 1. The maximum Gasteiger partial charge on any atom is 0.404 e. The summed E-state index contributed by atoms with van der Waals surface area (Å²) in [5, 5.41) is 19.9. The Balaban J connectivity index is 1.60. The third-order valence-corrected chi connectivity index (χ3v) is 4.44. The van der Waals surface area contributed by atoms with Crippen LogP contribution < -0.4 is 10.2 Å². The van der Waals surface area contributed by atoms with E-state index in [1.807, 2.05) is 30.3 Å². The van der Waals surface area contributed by atoms with Gasteiger partial charge in [-0.05, 0) is 24.3 Å². The van der Waals surface area contributed by atoms with E-state index in [0.29, 0.717) is 12.1 Å². The first-order valence-corrected chi connectivity index (χ1v) is 8.57. The van der Waals surface area contributed by atoms with Gasteiger partial charge in [-0.3, -0.25) is 4.90 Å². The summed E-state index contributed by atoms with van der Waals surface area (Å²) in [5.41, 5.74) is 2.52. The van der Waals surface area contributed by atoms with E-state index in [9.17, 15) is 4.79 Å². The van der Waals surface area contributed by atoms with E-state index in [-0.39, 0.29) is 0 Å². The average Bonchev–Trinajstić information content (AvgIpc) is 2.68. The van der Waals surface area contributed by atoms with Crippen molar-refractivity contribution < 1.29 is 9.90 Å². The highest BCUT2D eigenvalue weighted by atomic mass is 16.4. The number of nitriles is 1. The Labute approximate surface area is 152 Å². The largest absolute Gasteiger partial charge is 0.465 e. The van der Waals surface area contributed by atoms with Gasteiger partial charge in [-0.15, -0.1) is 0 Å². The van der Waals surface area contributed by atoms with Crippen molar-refractivity contribution in [2.45, 2.75) is 0 Å². The van der Waals surface area contributed by atoms with Crippen LogP contribution >= 0.6 is 0 Å². The van der Waals surface area contributed by atoms with Crippen molar-refractivity contribution in [3.05, 3.63) is 48.0 Å². The number of hydrogen-bond donors (Lipinski definition) is 2. The molecule has 2 aromatic rings. The highest BCUT2D eigenvalue weighted by Crippen LogP contribution is 2.22. The van der Waals surface area contributed by atoms with Crippen LogP contribution in [0.5, 0.6) is 0 Å². The predicted molar refractivity (Wildman–Crippen MR) is 99.1 cm³/mol. The zero-order chi connectivity index (χ0) is 18.4. The molecule has 1 aromatic carbocycles. The number of carbonyl (C=O) groups is 1. The van der Waals surface area contributed by atoms with Crippen LogP contribution in [0.15, 0.2) is 42.5 Å². The molecule has 0 spiro atoms. The van der Waals surface area contributed by atoms with Crippen molar-refractivity contribution in [1.82, 2.24) is 15.2 Å². The normalized spacial score (nSPS) is 14.7. The summed E-state index contributed by atoms with van der Waals surface area (Å²) in [5.74, 6) is 0.940. The molecule has 0 atom stereocenters. The zero-order valence-corrected chi connectivity index (χ0v) is 14.4. The van der Waals surface area contributed by atoms with Crippen LogP contribution in [0.25, 0.3) is 11.3 Å². The van der Waals surface area contributed by atoms with Crippen molar-refractivity contribution in [3.63, 3.8) is 0 Å². The fourth-order valence-corrected chi connectivity index (χ4v) is 3.00. The molecule has 26 heavy (non-hydrogen) atoms. The summed E-state index contributed by atoms with van der Waals surface area (Å²) in [4.78, 5) is 19.8. The van der Waals surface area contributed by atoms with Gasteiger partial charge in [0, 0.05) is 44.8 Å². The third-order valence-electron chi connectivity index (χ3n) is 4.44. The third kappa shape index (κ3) is 4.49. The molecule has 1 aliphatic rings. The molecule has 0 radical (unpaired) electrons. The molecule has 0 aliphatic carbocycles. The van der Waals surface area contributed by atoms with Crippen molar-refractivity contribution in [1.29, 1.82) is 5.26 Å². The summed E-state index contributed by atoms with van der Waals surface area (Å²) < 4.78 is 0. The Hall–Kier alpha value is -3.11. The van der Waals surface area contributed by atoms with E-state index in [2.05, 4.69) is 21.2 Å². The fraction of sp³-hybridized carbons (Fsp3) is 0.316. The zero-order valence-electron chi connectivity index (χ0n) is 14.4. The quantitative estimate of drug-likeness (QED) is 0.856. The Morgan fingerprint density at radius 2 is 1.88 bits per heavy atom. The Bertz CT molecular complexity index is 792. The van der Waals surface area contributed by atoms with E-state index < -0.39 is 6.09 Å². The van der Waals surface area contributed by atoms with Crippen LogP contribution in [0.3, 0.4) is 0 Å². The molecule has 2 N–H and O–H groups in total. The number of pyridine rings is 1. The SMILES string of the molecule is N#Cc1ccc(-c2cccc(N3CCN(CCNC(=O)O)CC3)n2)cc1. The second-order valence-corrected chi connectivity index (χ2v) is 6.13. The molecule has 1 aromatic heterocycles. The maximum absolute atomic E-state index is 10.5. The van der Waals surface area contributed by atoms with Crippen LogP contribution in [0.2, 0.25) is 0 Å². The average molecular weight is 351 g/mol. The molecule has 7 nitrogen and oxygen atoms in total. The lowest BCUT2D eigenvalue weighted by Crippen LogP contribution is -2.48. The lowest BCUT2D eigenvalue weighted by Gasteiger charge is -2.35. The smallest absolute Gasteiger partial charge is 0.404 e. The number of rotatable bonds is 5. The monoisotopic (exact) mass is 351 g/mol. The maximum atomic E-state index is 10.5. The highest BCUT2D eigenvalue weighted by Gasteiger charge is 2.18. The van der Waals surface area contributed by atoms with Gasteiger partial charge in [-0.25, -0.2) is 9.78 Å². The van der Waals surface area contributed by atoms with Gasteiger partial charge in [-0.2, -0.15) is 5.26 Å². The number of nitrogens with one attached hydrogen (secondary N) is 1. The first kappa shape index (κ1) is 17.7. The molecule has 1 aliphatic heterocycles. The van der Waals surface area contributed by atoms with Crippen LogP contribution in [0.4, 0.5) is 10.6 Å². The van der Waals surface area contributed by atoms with Crippen molar-refractivity contribution in [3.8, 4) is 17.3 Å². The van der Waals surface area contributed by atoms with Gasteiger partial charge >= 0.3 is 6.09 Å². The number of nitrogens with zero attached hydrogens (tertiary/aromatic N) is 4. The first-order chi connectivity index (χ1) is 12.7. The number of amides is 1. The Kier molecular flexibility index (Phi) is 5.66. The predicted octanol–water partition coefficient (Wildman–Crippen LogP) is 2.01. The summed E-state index contributed by atoms with van der Waals surface area (Å²) >= 11 is 0. The molecular weight excluding hydrogens is 330 g/mol. The van der Waals surface area contributed by atoms with Crippen molar-refractivity contribution >= 4 is 11.9 Å². The van der Waals surface area contributed by atoms with E-state index in [1.165, 1.54) is 0 Å². The minimum atomic E-state index is -0.979. The molecule has 1 saturated heterocycles. The van der Waals surface area contributed by atoms with Gasteiger partial charge in [0.2, 0.25) is 0 Å². The Morgan fingerprint density at radius 1 is 1.15 bits per heavy atom. The van der Waals surface area contributed by atoms with Crippen LogP contribution in [0.1, 0.15) is 5.56 Å². The lowest BCUT2D eigenvalue weighted by molar-refractivity contribution is 0.190. The molecule has 2 heterocycles.